The van der Waals surface area contributed by atoms with Crippen LogP contribution in [0, 0.1) is 31.0 Å². The van der Waals surface area contributed by atoms with Gasteiger partial charge in [-0.1, -0.05) is 0 Å². The molecule has 2 aliphatic heterocycles. The van der Waals surface area contributed by atoms with Gasteiger partial charge in [0.15, 0.2) is 0 Å². The standard InChI is InChI=1S/C30H36FN7O4/c1-16-7-20(11-33-17(16)2)41-27-35-25-23(26(36-27)38-12-18(10-32)30(13-38)14-40-15-30)21-8-19(31)9-22(24(21)34-25)37(6)28(39)42-29(3,4)5/h7-9,11,18H,10,12-15,32H2,1-6H3,(H,34,35,36). The van der Waals surface area contributed by atoms with Crippen LogP contribution in [0.25, 0.3) is 21.9 Å². The lowest BCUT2D eigenvalue weighted by Gasteiger charge is -2.41. The number of nitrogens with one attached hydrogen (secondary N) is 1. The van der Waals surface area contributed by atoms with Crippen molar-refractivity contribution in [2.45, 2.75) is 40.2 Å². The van der Waals surface area contributed by atoms with Gasteiger partial charge in [0.25, 0.3) is 0 Å². The highest BCUT2D eigenvalue weighted by molar-refractivity contribution is 6.16. The van der Waals surface area contributed by atoms with Gasteiger partial charge in [0, 0.05) is 42.6 Å². The summed E-state index contributed by atoms with van der Waals surface area (Å²) < 4.78 is 32.5. The molecule has 1 atom stereocenters. The van der Waals surface area contributed by atoms with E-state index in [-0.39, 0.29) is 17.3 Å². The molecule has 0 saturated carbocycles. The van der Waals surface area contributed by atoms with Crippen molar-refractivity contribution in [3.8, 4) is 11.8 Å². The van der Waals surface area contributed by atoms with Crippen LogP contribution >= 0.6 is 0 Å². The summed E-state index contributed by atoms with van der Waals surface area (Å²) in [7, 11) is 1.55. The third-order valence-corrected chi connectivity index (χ3v) is 8.19. The highest BCUT2D eigenvalue weighted by atomic mass is 19.1. The fourth-order valence-corrected chi connectivity index (χ4v) is 5.76. The summed E-state index contributed by atoms with van der Waals surface area (Å²) in [5.41, 5.74) is 8.57. The number of nitrogens with two attached hydrogens (primary N) is 1. The van der Waals surface area contributed by atoms with Crippen LogP contribution < -0.4 is 20.3 Å². The van der Waals surface area contributed by atoms with Crippen LogP contribution in [0.2, 0.25) is 0 Å². The Morgan fingerprint density at radius 3 is 2.64 bits per heavy atom. The Balaban J connectivity index is 1.51. The molecular weight excluding hydrogens is 541 g/mol. The van der Waals surface area contributed by atoms with Gasteiger partial charge in [-0.2, -0.15) is 9.97 Å². The smallest absolute Gasteiger partial charge is 0.414 e. The van der Waals surface area contributed by atoms with Crippen molar-refractivity contribution < 1.29 is 23.4 Å². The van der Waals surface area contributed by atoms with E-state index in [1.807, 2.05) is 19.9 Å². The molecule has 4 aromatic rings. The van der Waals surface area contributed by atoms with Crippen LogP contribution in [0.5, 0.6) is 11.8 Å². The summed E-state index contributed by atoms with van der Waals surface area (Å²) in [6, 6.07) is 4.73. The van der Waals surface area contributed by atoms with Gasteiger partial charge in [-0.05, 0) is 64.9 Å². The first-order valence-corrected chi connectivity index (χ1v) is 14.0. The van der Waals surface area contributed by atoms with Gasteiger partial charge >= 0.3 is 12.1 Å². The lowest BCUT2D eigenvalue weighted by Crippen LogP contribution is -2.50. The van der Waals surface area contributed by atoms with Crippen molar-refractivity contribution in [2.75, 3.05) is 49.7 Å². The van der Waals surface area contributed by atoms with Crippen molar-refractivity contribution >= 4 is 39.5 Å². The van der Waals surface area contributed by atoms with Crippen LogP contribution in [0.1, 0.15) is 32.0 Å². The average Bonchev–Trinajstić information content (AvgIpc) is 3.47. The largest absolute Gasteiger partial charge is 0.443 e. The number of carbonyl (C=O) groups excluding carboxylic acids is 1. The zero-order chi connectivity index (χ0) is 30.0. The quantitative estimate of drug-likeness (QED) is 0.342. The maximum Gasteiger partial charge on any atom is 0.414 e. The molecule has 2 saturated heterocycles. The van der Waals surface area contributed by atoms with E-state index in [1.165, 1.54) is 17.0 Å². The fraction of sp³-hybridized carbons (Fsp3) is 0.467. The monoisotopic (exact) mass is 577 g/mol. The molecule has 0 aliphatic carbocycles. The van der Waals surface area contributed by atoms with Gasteiger partial charge < -0.3 is 29.8 Å². The molecule has 2 aliphatic rings. The molecule has 222 valence electrons. The molecule has 0 bridgehead atoms. The Hall–Kier alpha value is -4.03. The fourth-order valence-electron chi connectivity index (χ4n) is 5.76. The van der Waals surface area contributed by atoms with Gasteiger partial charge in [-0.3, -0.25) is 9.88 Å². The molecule has 2 fully saturated rings. The number of aromatic amines is 1. The van der Waals surface area contributed by atoms with Crippen LogP contribution in [0.15, 0.2) is 24.4 Å². The lowest BCUT2D eigenvalue weighted by atomic mass is 9.76. The molecular formula is C30H36FN7O4. The first-order valence-electron chi connectivity index (χ1n) is 14.0. The topological polar surface area (TPSA) is 132 Å². The summed E-state index contributed by atoms with van der Waals surface area (Å²) in [6.45, 7) is 12.3. The van der Waals surface area contributed by atoms with Gasteiger partial charge in [-0.15, -0.1) is 0 Å². The number of aromatic nitrogens is 4. The number of halogens is 1. The minimum atomic E-state index is -0.719. The second-order valence-corrected chi connectivity index (χ2v) is 12.4. The predicted octanol–water partition coefficient (Wildman–Crippen LogP) is 4.84. The summed E-state index contributed by atoms with van der Waals surface area (Å²) >= 11 is 0. The van der Waals surface area contributed by atoms with Crippen LogP contribution in [-0.2, 0) is 9.47 Å². The second kappa shape index (κ2) is 10.1. The third kappa shape index (κ3) is 4.88. The van der Waals surface area contributed by atoms with E-state index in [2.05, 4.69) is 19.9 Å². The zero-order valence-electron chi connectivity index (χ0n) is 24.7. The van der Waals surface area contributed by atoms with Crippen molar-refractivity contribution in [1.29, 1.82) is 0 Å². The van der Waals surface area contributed by atoms with Gasteiger partial charge in [0.1, 0.15) is 28.6 Å². The molecule has 42 heavy (non-hydrogen) atoms. The Morgan fingerprint density at radius 2 is 2.02 bits per heavy atom. The number of anilines is 2. The van der Waals surface area contributed by atoms with E-state index in [4.69, 9.17) is 24.9 Å². The number of rotatable bonds is 5. The highest BCUT2D eigenvalue weighted by Gasteiger charge is 2.52. The number of fused-ring (bicyclic) bond motifs is 3. The van der Waals surface area contributed by atoms with E-state index < -0.39 is 17.5 Å². The number of benzene rings is 1. The summed E-state index contributed by atoms with van der Waals surface area (Å²) in [4.78, 5) is 33.7. The van der Waals surface area contributed by atoms with Crippen LogP contribution in [0.3, 0.4) is 0 Å². The SMILES string of the molecule is Cc1cc(Oc2nc(N3CC(CN)C4(COC4)C3)c3c(n2)[nH]c2c(N(C)C(=O)OC(C)(C)C)cc(F)cc23)cnc1C. The number of aryl methyl sites for hydroxylation is 2. The number of pyridine rings is 1. The summed E-state index contributed by atoms with van der Waals surface area (Å²) in [5.74, 6) is 0.796. The first kappa shape index (κ1) is 28.1. The number of nitrogens with zero attached hydrogens (tertiary/aromatic N) is 5. The Morgan fingerprint density at radius 1 is 1.26 bits per heavy atom. The third-order valence-electron chi connectivity index (χ3n) is 8.19. The normalized spacial score (nSPS) is 18.1. The number of hydrogen-bond donors (Lipinski definition) is 2. The van der Waals surface area contributed by atoms with Gasteiger partial charge in [0.2, 0.25) is 0 Å². The average molecular weight is 578 g/mol. The lowest BCUT2D eigenvalue weighted by molar-refractivity contribution is -0.121. The van der Waals surface area contributed by atoms with E-state index >= 15 is 4.39 Å². The maximum atomic E-state index is 15.2. The van der Waals surface area contributed by atoms with Crippen molar-refractivity contribution in [1.82, 2.24) is 19.9 Å². The van der Waals surface area contributed by atoms with E-state index in [1.54, 1.807) is 34.0 Å². The summed E-state index contributed by atoms with van der Waals surface area (Å²) in [5, 5.41) is 1.17. The minimum Gasteiger partial charge on any atom is -0.443 e. The minimum absolute atomic E-state index is 0.0650. The van der Waals surface area contributed by atoms with Gasteiger partial charge in [0.05, 0.1) is 36.0 Å². The van der Waals surface area contributed by atoms with E-state index in [9.17, 15) is 4.79 Å². The molecule has 3 N–H and O–H groups in total. The molecule has 1 unspecified atom stereocenters. The number of hydrogen-bond acceptors (Lipinski definition) is 9. The highest BCUT2D eigenvalue weighted by Crippen LogP contribution is 2.46. The first-order chi connectivity index (χ1) is 19.9. The Labute approximate surface area is 243 Å². The molecule has 5 heterocycles. The molecule has 12 heteroatoms. The molecule has 6 rings (SSSR count). The molecule has 11 nitrogen and oxygen atoms in total. The van der Waals surface area contributed by atoms with Crippen LogP contribution in [0.4, 0.5) is 20.7 Å². The number of ether oxygens (including phenoxy) is 3. The predicted molar refractivity (Wildman–Crippen MR) is 158 cm³/mol. The second-order valence-electron chi connectivity index (χ2n) is 12.4. The molecule has 0 radical (unpaired) electrons. The Kier molecular flexibility index (Phi) is 6.73. The van der Waals surface area contributed by atoms with E-state index in [0.717, 1.165) is 11.3 Å². The van der Waals surface area contributed by atoms with Crippen LogP contribution in [-0.4, -0.2) is 71.5 Å². The number of H-pyrrole nitrogens is 1. The molecule has 1 spiro atoms. The van der Waals surface area contributed by atoms with Crippen molar-refractivity contribution in [3.63, 3.8) is 0 Å². The number of amides is 1. The van der Waals surface area contributed by atoms with E-state index in [0.29, 0.717) is 72.0 Å². The summed E-state index contributed by atoms with van der Waals surface area (Å²) in [6.07, 6.45) is 1.02. The molecule has 1 amide bonds. The Bertz CT molecular complexity index is 1700. The zero-order valence-corrected chi connectivity index (χ0v) is 24.7. The van der Waals surface area contributed by atoms with Gasteiger partial charge in [-0.25, -0.2) is 9.18 Å². The molecule has 3 aromatic heterocycles. The number of carbonyl (C=O) groups is 1. The molecule has 1 aromatic carbocycles. The van der Waals surface area contributed by atoms with Crippen molar-refractivity contribution in [3.05, 3.63) is 41.5 Å². The van der Waals surface area contributed by atoms with Crippen molar-refractivity contribution in [2.24, 2.45) is 17.1 Å². The maximum absolute atomic E-state index is 15.2.